The van der Waals surface area contributed by atoms with Gasteiger partial charge in [0.1, 0.15) is 0 Å². The van der Waals surface area contributed by atoms with E-state index in [-0.39, 0.29) is 0 Å². The molecule has 0 aliphatic heterocycles. The molecule has 3 aromatic carbocycles. The monoisotopic (exact) mass is 264 g/mol. The molecule has 0 atom stereocenters. The van der Waals surface area contributed by atoms with Crippen molar-refractivity contribution in [2.75, 3.05) is 0 Å². The summed E-state index contributed by atoms with van der Waals surface area (Å²) >= 11 is 0. The highest BCUT2D eigenvalue weighted by atomic mass is 16.4. The van der Waals surface area contributed by atoms with E-state index >= 15 is 0 Å². The second-order valence-corrected chi connectivity index (χ2v) is 4.41. The van der Waals surface area contributed by atoms with Crippen molar-refractivity contribution in [3.63, 3.8) is 0 Å². The van der Waals surface area contributed by atoms with Crippen molar-refractivity contribution < 1.29 is 9.90 Å². The predicted molar refractivity (Wildman–Crippen MR) is 82.7 cm³/mol. The van der Waals surface area contributed by atoms with Crippen LogP contribution in [0, 0.1) is 0 Å². The Kier molecular flexibility index (Phi) is 4.51. The van der Waals surface area contributed by atoms with Crippen LogP contribution < -0.4 is 0 Å². The largest absolute Gasteiger partial charge is 0.481 e. The lowest BCUT2D eigenvalue weighted by Crippen LogP contribution is -1.79. The minimum atomic E-state index is -0.833. The third-order valence-electron chi connectivity index (χ3n) is 2.87. The second-order valence-electron chi connectivity index (χ2n) is 4.41. The fraction of sp³-hybridized carbons (Fsp3) is 0.0556. The van der Waals surface area contributed by atoms with Crippen molar-refractivity contribution in [2.45, 2.75) is 6.92 Å². The smallest absolute Gasteiger partial charge is 0.300 e. The molecule has 0 aliphatic carbocycles. The van der Waals surface area contributed by atoms with Gasteiger partial charge in [0.2, 0.25) is 0 Å². The summed E-state index contributed by atoms with van der Waals surface area (Å²) in [7, 11) is 0. The molecule has 3 rings (SSSR count). The van der Waals surface area contributed by atoms with E-state index in [4.69, 9.17) is 9.90 Å². The molecule has 0 spiro atoms. The molecular formula is C18H16O2. The van der Waals surface area contributed by atoms with Crippen molar-refractivity contribution >= 4 is 16.7 Å². The second kappa shape index (κ2) is 6.53. The first kappa shape index (κ1) is 13.8. The normalized spacial score (nSPS) is 9.65. The molecule has 3 aromatic rings. The zero-order chi connectivity index (χ0) is 14.4. The first-order valence-corrected chi connectivity index (χ1v) is 6.41. The van der Waals surface area contributed by atoms with Gasteiger partial charge in [0.05, 0.1) is 0 Å². The van der Waals surface area contributed by atoms with Crippen molar-refractivity contribution in [2.24, 2.45) is 0 Å². The Labute approximate surface area is 118 Å². The maximum absolute atomic E-state index is 9.00. The van der Waals surface area contributed by atoms with Crippen LogP contribution in [-0.2, 0) is 4.79 Å². The van der Waals surface area contributed by atoms with E-state index in [1.54, 1.807) is 0 Å². The number of fused-ring (bicyclic) bond motifs is 1. The Hall–Kier alpha value is -2.61. The zero-order valence-corrected chi connectivity index (χ0v) is 11.3. The van der Waals surface area contributed by atoms with Crippen LogP contribution in [0.1, 0.15) is 6.92 Å². The Balaban J connectivity index is 0.000000328. The Bertz CT molecular complexity index is 693. The van der Waals surface area contributed by atoms with Gasteiger partial charge in [-0.1, -0.05) is 72.8 Å². The molecule has 0 saturated carbocycles. The summed E-state index contributed by atoms with van der Waals surface area (Å²) in [6, 6.07) is 25.5. The lowest BCUT2D eigenvalue weighted by molar-refractivity contribution is -0.134. The average molecular weight is 264 g/mol. The van der Waals surface area contributed by atoms with Crippen LogP contribution in [0.5, 0.6) is 0 Å². The van der Waals surface area contributed by atoms with Crippen molar-refractivity contribution in [3.8, 4) is 11.1 Å². The molecule has 2 nitrogen and oxygen atoms in total. The molecule has 0 bridgehead atoms. The third kappa shape index (κ3) is 3.45. The zero-order valence-electron chi connectivity index (χ0n) is 11.3. The maximum atomic E-state index is 9.00. The Morgan fingerprint density at radius 1 is 0.800 bits per heavy atom. The van der Waals surface area contributed by atoms with Crippen LogP contribution in [0.25, 0.3) is 21.9 Å². The summed E-state index contributed by atoms with van der Waals surface area (Å²) in [5, 5.41) is 10.0. The van der Waals surface area contributed by atoms with Gasteiger partial charge in [-0.25, -0.2) is 0 Å². The van der Waals surface area contributed by atoms with E-state index in [1.807, 2.05) is 0 Å². The van der Waals surface area contributed by atoms with Crippen LogP contribution in [0.15, 0.2) is 72.8 Å². The maximum Gasteiger partial charge on any atom is 0.300 e. The van der Waals surface area contributed by atoms with Crippen molar-refractivity contribution in [1.29, 1.82) is 0 Å². The van der Waals surface area contributed by atoms with Gasteiger partial charge in [-0.3, -0.25) is 4.79 Å². The Morgan fingerprint density at radius 3 is 2.05 bits per heavy atom. The van der Waals surface area contributed by atoms with Gasteiger partial charge in [0.15, 0.2) is 0 Å². The van der Waals surface area contributed by atoms with Gasteiger partial charge in [0, 0.05) is 6.92 Å². The van der Waals surface area contributed by atoms with E-state index < -0.39 is 5.97 Å². The summed E-state index contributed by atoms with van der Waals surface area (Å²) in [5.74, 6) is -0.833. The highest BCUT2D eigenvalue weighted by molar-refractivity contribution is 5.96. The summed E-state index contributed by atoms with van der Waals surface area (Å²) < 4.78 is 0. The summed E-state index contributed by atoms with van der Waals surface area (Å²) in [4.78, 5) is 9.00. The van der Waals surface area contributed by atoms with Gasteiger partial charge in [0.25, 0.3) is 5.97 Å². The van der Waals surface area contributed by atoms with Crippen LogP contribution in [-0.4, -0.2) is 11.1 Å². The predicted octanol–water partition coefficient (Wildman–Crippen LogP) is 4.60. The SMILES string of the molecule is CC(=O)O.c1ccc(-c2cccc3ccccc23)cc1. The number of rotatable bonds is 1. The topological polar surface area (TPSA) is 37.3 Å². The molecule has 1 N–H and O–H groups in total. The fourth-order valence-corrected chi connectivity index (χ4v) is 2.09. The molecule has 2 heteroatoms. The molecule has 0 radical (unpaired) electrons. The van der Waals surface area contributed by atoms with E-state index in [9.17, 15) is 0 Å². The lowest BCUT2D eigenvalue weighted by Gasteiger charge is -2.06. The molecule has 0 fully saturated rings. The number of benzene rings is 3. The standard InChI is InChI=1S/C16H12.C2H4O2/c1-2-7-13(8-3-1)16-12-6-10-14-9-4-5-11-15(14)16;1-2(3)4/h1-12H;1H3,(H,3,4). The summed E-state index contributed by atoms with van der Waals surface area (Å²) in [6.07, 6.45) is 0. The van der Waals surface area contributed by atoms with Crippen LogP contribution in [0.2, 0.25) is 0 Å². The molecule has 0 aromatic heterocycles. The van der Waals surface area contributed by atoms with Gasteiger partial charge in [-0.15, -0.1) is 0 Å². The van der Waals surface area contributed by atoms with Crippen LogP contribution in [0.4, 0.5) is 0 Å². The number of hydrogen-bond acceptors (Lipinski definition) is 1. The quantitative estimate of drug-likeness (QED) is 0.697. The highest BCUT2D eigenvalue weighted by Crippen LogP contribution is 2.27. The van der Waals surface area contributed by atoms with E-state index in [0.717, 1.165) is 6.92 Å². The number of carbonyl (C=O) groups is 1. The van der Waals surface area contributed by atoms with Gasteiger partial charge in [-0.2, -0.15) is 0 Å². The number of carboxylic acid groups (broad SMARTS) is 1. The molecule has 0 amide bonds. The molecule has 100 valence electrons. The molecule has 0 heterocycles. The third-order valence-corrected chi connectivity index (χ3v) is 2.87. The fourth-order valence-electron chi connectivity index (χ4n) is 2.09. The Morgan fingerprint density at radius 2 is 1.35 bits per heavy atom. The first-order chi connectivity index (χ1) is 9.68. The molecule has 0 saturated heterocycles. The van der Waals surface area contributed by atoms with E-state index in [1.165, 1.54) is 21.9 Å². The lowest BCUT2D eigenvalue weighted by atomic mass is 9.98. The summed E-state index contributed by atoms with van der Waals surface area (Å²) in [5.41, 5.74) is 2.58. The number of aliphatic carboxylic acids is 1. The average Bonchev–Trinajstić information content (AvgIpc) is 2.47. The molecule has 0 unspecified atom stereocenters. The number of carboxylic acids is 1. The molecule has 0 aliphatic rings. The van der Waals surface area contributed by atoms with Gasteiger partial charge < -0.3 is 5.11 Å². The number of hydrogen-bond donors (Lipinski definition) is 1. The van der Waals surface area contributed by atoms with Gasteiger partial charge in [-0.05, 0) is 21.9 Å². The van der Waals surface area contributed by atoms with Crippen molar-refractivity contribution in [3.05, 3.63) is 72.8 Å². The van der Waals surface area contributed by atoms with Crippen LogP contribution in [0.3, 0.4) is 0 Å². The minimum Gasteiger partial charge on any atom is -0.481 e. The molecular weight excluding hydrogens is 248 g/mol. The molecule has 20 heavy (non-hydrogen) atoms. The van der Waals surface area contributed by atoms with Crippen LogP contribution >= 0.6 is 0 Å². The first-order valence-electron chi connectivity index (χ1n) is 6.41. The summed E-state index contributed by atoms with van der Waals surface area (Å²) in [6.45, 7) is 1.08. The minimum absolute atomic E-state index is 0.833. The van der Waals surface area contributed by atoms with Gasteiger partial charge >= 0.3 is 0 Å². The van der Waals surface area contributed by atoms with E-state index in [0.29, 0.717) is 0 Å². The van der Waals surface area contributed by atoms with Crippen molar-refractivity contribution in [1.82, 2.24) is 0 Å². The highest BCUT2D eigenvalue weighted by Gasteiger charge is 2.01. The van der Waals surface area contributed by atoms with E-state index in [2.05, 4.69) is 72.8 Å².